The van der Waals surface area contributed by atoms with E-state index in [1.165, 1.54) is 0 Å². The number of nitrogens with zero attached hydrogens (tertiary/aromatic N) is 4. The highest BCUT2D eigenvalue weighted by Crippen LogP contribution is 2.32. The van der Waals surface area contributed by atoms with Crippen LogP contribution in [0.15, 0.2) is 53.7 Å². The molecule has 4 rings (SSSR count). The average Bonchev–Trinajstić information content (AvgIpc) is 3.43. The van der Waals surface area contributed by atoms with Gasteiger partial charge in [-0.15, -0.1) is 0 Å². The van der Waals surface area contributed by atoms with Crippen LogP contribution in [0, 0.1) is 0 Å². The molecule has 0 fully saturated rings. The number of sulfone groups is 1. The molecule has 1 aliphatic rings. The standard InChI is InChI=1S/C24H30N4O3S/c1-17(2)32(30,31)19-10-8-18(9-11-19)14-22(29)27-15-20-21(16-27)25-28(24(3,4)5)23(20)26-12-6-7-13-26/h6-13,17H,14-16H2,1-5H3. The van der Waals surface area contributed by atoms with Crippen molar-refractivity contribution >= 4 is 15.7 Å². The maximum absolute atomic E-state index is 13.0. The lowest BCUT2D eigenvalue weighted by molar-refractivity contribution is -0.131. The Balaban J connectivity index is 1.53. The Hall–Kier alpha value is -2.87. The summed E-state index contributed by atoms with van der Waals surface area (Å²) in [5, 5.41) is 4.37. The van der Waals surface area contributed by atoms with E-state index in [4.69, 9.17) is 5.10 Å². The lowest BCUT2D eigenvalue weighted by atomic mass is 10.1. The van der Waals surface area contributed by atoms with Crippen LogP contribution in [0.1, 0.15) is 51.4 Å². The molecule has 0 saturated heterocycles. The summed E-state index contributed by atoms with van der Waals surface area (Å²) in [5.74, 6) is 0.999. The second-order valence-corrected chi connectivity index (χ2v) is 12.1. The van der Waals surface area contributed by atoms with Gasteiger partial charge >= 0.3 is 0 Å². The third-order valence-corrected chi connectivity index (χ3v) is 7.96. The average molecular weight is 455 g/mol. The molecular weight excluding hydrogens is 424 g/mol. The number of benzene rings is 1. The van der Waals surface area contributed by atoms with Gasteiger partial charge in [-0.3, -0.25) is 4.79 Å². The molecule has 8 heteroatoms. The molecule has 32 heavy (non-hydrogen) atoms. The summed E-state index contributed by atoms with van der Waals surface area (Å²) in [7, 11) is -3.32. The van der Waals surface area contributed by atoms with Crippen molar-refractivity contribution in [3.05, 3.63) is 65.6 Å². The number of hydrogen-bond donors (Lipinski definition) is 0. The fraction of sp³-hybridized carbons (Fsp3) is 0.417. The Morgan fingerprint density at radius 1 is 1.06 bits per heavy atom. The van der Waals surface area contributed by atoms with E-state index in [0.717, 1.165) is 22.6 Å². The van der Waals surface area contributed by atoms with E-state index in [0.29, 0.717) is 13.1 Å². The van der Waals surface area contributed by atoms with Crippen LogP contribution >= 0.6 is 0 Å². The summed E-state index contributed by atoms with van der Waals surface area (Å²) in [6.07, 6.45) is 4.22. The molecule has 0 N–H and O–H groups in total. The van der Waals surface area contributed by atoms with Crippen LogP contribution < -0.4 is 0 Å². The summed E-state index contributed by atoms with van der Waals surface area (Å²) < 4.78 is 28.7. The zero-order chi connectivity index (χ0) is 23.3. The van der Waals surface area contributed by atoms with Crippen molar-refractivity contribution in [1.29, 1.82) is 0 Å². The van der Waals surface area contributed by atoms with E-state index < -0.39 is 15.1 Å². The van der Waals surface area contributed by atoms with Crippen LogP contribution in [0.3, 0.4) is 0 Å². The van der Waals surface area contributed by atoms with Crippen molar-refractivity contribution < 1.29 is 13.2 Å². The molecule has 3 aromatic rings. The smallest absolute Gasteiger partial charge is 0.227 e. The number of fused-ring (bicyclic) bond motifs is 1. The minimum absolute atomic E-state index is 0.00299. The van der Waals surface area contributed by atoms with Crippen molar-refractivity contribution in [2.45, 2.75) is 69.8 Å². The second kappa shape index (κ2) is 7.92. The zero-order valence-electron chi connectivity index (χ0n) is 19.2. The van der Waals surface area contributed by atoms with Crippen LogP contribution in [0.5, 0.6) is 0 Å². The monoisotopic (exact) mass is 454 g/mol. The molecule has 0 atom stereocenters. The molecule has 0 bridgehead atoms. The predicted octanol–water partition coefficient (Wildman–Crippen LogP) is 3.70. The summed E-state index contributed by atoms with van der Waals surface area (Å²) >= 11 is 0. The van der Waals surface area contributed by atoms with E-state index in [1.807, 2.05) is 34.1 Å². The predicted molar refractivity (Wildman–Crippen MR) is 123 cm³/mol. The van der Waals surface area contributed by atoms with Crippen LogP contribution in [-0.2, 0) is 39.7 Å². The van der Waals surface area contributed by atoms with Crippen LogP contribution in [0.25, 0.3) is 5.82 Å². The molecule has 0 unspecified atom stereocenters. The van der Waals surface area contributed by atoms with E-state index >= 15 is 0 Å². The summed E-state index contributed by atoms with van der Waals surface area (Å²) in [6, 6.07) is 10.6. The zero-order valence-corrected chi connectivity index (χ0v) is 20.1. The second-order valence-electron chi connectivity index (χ2n) is 9.59. The molecule has 7 nitrogen and oxygen atoms in total. The highest BCUT2D eigenvalue weighted by Gasteiger charge is 2.33. The highest BCUT2D eigenvalue weighted by molar-refractivity contribution is 7.92. The number of hydrogen-bond acceptors (Lipinski definition) is 4. The molecule has 170 valence electrons. The van der Waals surface area contributed by atoms with Crippen LogP contribution in [-0.4, -0.2) is 38.8 Å². The van der Waals surface area contributed by atoms with Crippen molar-refractivity contribution in [3.8, 4) is 5.82 Å². The SMILES string of the molecule is CC(C)S(=O)(=O)c1ccc(CC(=O)N2Cc3nn(C(C)(C)C)c(-n4cccc4)c3C2)cc1. The van der Waals surface area contributed by atoms with Gasteiger partial charge in [0.05, 0.1) is 40.9 Å². The number of amides is 1. The van der Waals surface area contributed by atoms with Gasteiger partial charge in [0.2, 0.25) is 5.91 Å². The Morgan fingerprint density at radius 3 is 2.25 bits per heavy atom. The van der Waals surface area contributed by atoms with E-state index in [-0.39, 0.29) is 22.8 Å². The minimum Gasteiger partial charge on any atom is -0.332 e. The molecule has 1 aliphatic heterocycles. The van der Waals surface area contributed by atoms with Gasteiger partial charge in [-0.05, 0) is 64.4 Å². The third kappa shape index (κ3) is 3.99. The number of carbonyl (C=O) groups excluding carboxylic acids is 1. The maximum atomic E-state index is 13.0. The normalized spacial score (nSPS) is 14.2. The molecular formula is C24H30N4O3S. The topological polar surface area (TPSA) is 77.2 Å². The van der Waals surface area contributed by atoms with Crippen LogP contribution in [0.4, 0.5) is 0 Å². The number of aromatic nitrogens is 3. The number of rotatable bonds is 5. The molecule has 0 saturated carbocycles. The fourth-order valence-electron chi connectivity index (χ4n) is 3.94. The van der Waals surface area contributed by atoms with E-state index in [2.05, 4.69) is 25.3 Å². The minimum atomic E-state index is -3.32. The lowest BCUT2D eigenvalue weighted by Gasteiger charge is -2.24. The molecule has 0 radical (unpaired) electrons. The Morgan fingerprint density at radius 2 is 1.69 bits per heavy atom. The first-order chi connectivity index (χ1) is 15.0. The Kier molecular flexibility index (Phi) is 5.53. The van der Waals surface area contributed by atoms with Gasteiger partial charge < -0.3 is 9.47 Å². The first-order valence-corrected chi connectivity index (χ1v) is 12.4. The van der Waals surface area contributed by atoms with Crippen LogP contribution in [0.2, 0.25) is 0 Å². The Labute approximate surface area is 189 Å². The molecule has 1 amide bonds. The first kappa shape index (κ1) is 22.3. The van der Waals surface area contributed by atoms with E-state index in [1.54, 1.807) is 38.1 Å². The van der Waals surface area contributed by atoms with Gasteiger partial charge in [0, 0.05) is 18.0 Å². The van der Waals surface area contributed by atoms with Gasteiger partial charge in [0.15, 0.2) is 9.84 Å². The van der Waals surface area contributed by atoms with Crippen molar-refractivity contribution in [2.24, 2.45) is 0 Å². The summed E-state index contributed by atoms with van der Waals surface area (Å²) in [5.41, 5.74) is 2.61. The molecule has 0 aliphatic carbocycles. The van der Waals surface area contributed by atoms with Gasteiger partial charge in [-0.1, -0.05) is 12.1 Å². The first-order valence-electron chi connectivity index (χ1n) is 10.8. The molecule has 3 heterocycles. The van der Waals surface area contributed by atoms with Gasteiger partial charge in [-0.2, -0.15) is 5.10 Å². The molecule has 2 aromatic heterocycles. The lowest BCUT2D eigenvalue weighted by Crippen LogP contribution is -2.30. The fourth-order valence-corrected chi connectivity index (χ4v) is 5.00. The van der Waals surface area contributed by atoms with Crippen molar-refractivity contribution in [3.63, 3.8) is 0 Å². The van der Waals surface area contributed by atoms with Gasteiger partial charge in [-0.25, -0.2) is 13.1 Å². The highest BCUT2D eigenvalue weighted by atomic mass is 32.2. The maximum Gasteiger partial charge on any atom is 0.227 e. The van der Waals surface area contributed by atoms with Crippen molar-refractivity contribution in [2.75, 3.05) is 0 Å². The third-order valence-electron chi connectivity index (χ3n) is 5.79. The summed E-state index contributed by atoms with van der Waals surface area (Å²) in [4.78, 5) is 15.1. The van der Waals surface area contributed by atoms with Gasteiger partial charge in [0.25, 0.3) is 0 Å². The largest absolute Gasteiger partial charge is 0.332 e. The van der Waals surface area contributed by atoms with Crippen molar-refractivity contribution in [1.82, 2.24) is 19.2 Å². The quantitative estimate of drug-likeness (QED) is 0.589. The van der Waals surface area contributed by atoms with E-state index in [9.17, 15) is 13.2 Å². The van der Waals surface area contributed by atoms with Gasteiger partial charge in [0.1, 0.15) is 5.82 Å². The summed E-state index contributed by atoms with van der Waals surface area (Å²) in [6.45, 7) is 10.7. The molecule has 1 aromatic carbocycles. The Bertz CT molecular complexity index is 1230. The molecule has 0 spiro atoms. The number of carbonyl (C=O) groups is 1.